The van der Waals surface area contributed by atoms with Gasteiger partial charge in [-0.25, -0.2) is 8.42 Å². The molecule has 30 heavy (non-hydrogen) atoms. The number of allylic oxidation sites excluding steroid dienone is 1. The molecule has 2 aromatic carbocycles. The molecule has 6 nitrogen and oxygen atoms in total. The monoisotopic (exact) mass is 448 g/mol. The first kappa shape index (κ1) is 22.2. The average molecular weight is 449 g/mol. The van der Waals surface area contributed by atoms with Crippen LogP contribution in [0, 0.1) is 0 Å². The molecule has 8 heteroatoms. The van der Waals surface area contributed by atoms with Crippen LogP contribution in [0.1, 0.15) is 25.7 Å². The Morgan fingerprint density at radius 3 is 2.57 bits per heavy atom. The maximum atomic E-state index is 13.3. The number of halogens is 1. The van der Waals surface area contributed by atoms with Gasteiger partial charge in [-0.1, -0.05) is 41.4 Å². The van der Waals surface area contributed by atoms with Gasteiger partial charge in [0, 0.05) is 6.54 Å². The van der Waals surface area contributed by atoms with Crippen molar-refractivity contribution in [3.8, 4) is 5.75 Å². The van der Waals surface area contributed by atoms with E-state index in [1.54, 1.807) is 30.3 Å². The number of benzene rings is 2. The first-order chi connectivity index (χ1) is 14.4. The first-order valence-corrected chi connectivity index (χ1v) is 11.6. The number of nitrogens with zero attached hydrogens (tertiary/aromatic N) is 1. The van der Waals surface area contributed by atoms with E-state index < -0.39 is 10.0 Å². The van der Waals surface area contributed by atoms with Crippen molar-refractivity contribution in [3.63, 3.8) is 0 Å². The molecule has 0 unspecified atom stereocenters. The first-order valence-electron chi connectivity index (χ1n) is 9.78. The van der Waals surface area contributed by atoms with Crippen LogP contribution < -0.4 is 14.4 Å². The molecule has 0 saturated carbocycles. The molecule has 0 bridgehead atoms. The predicted octanol–water partition coefficient (Wildman–Crippen LogP) is 4.16. The summed E-state index contributed by atoms with van der Waals surface area (Å²) in [7, 11) is -2.49. The number of anilines is 1. The molecule has 0 fully saturated rings. The summed E-state index contributed by atoms with van der Waals surface area (Å²) < 4.78 is 32.8. The Morgan fingerprint density at radius 1 is 1.17 bits per heavy atom. The summed E-state index contributed by atoms with van der Waals surface area (Å²) in [4.78, 5) is 12.8. The Bertz CT molecular complexity index is 1020. The van der Waals surface area contributed by atoms with Crippen LogP contribution in [0.3, 0.4) is 0 Å². The van der Waals surface area contributed by atoms with E-state index in [1.807, 2.05) is 0 Å². The molecular formula is C22H25ClN2O4S. The molecule has 0 heterocycles. The highest BCUT2D eigenvalue weighted by Gasteiger charge is 2.27. The van der Waals surface area contributed by atoms with Gasteiger partial charge in [0.05, 0.1) is 22.7 Å². The second-order valence-electron chi connectivity index (χ2n) is 7.03. The van der Waals surface area contributed by atoms with Crippen molar-refractivity contribution in [2.24, 2.45) is 0 Å². The summed E-state index contributed by atoms with van der Waals surface area (Å²) >= 11 is 6.21. The SMILES string of the molecule is COc1ccc(N(CC(=O)NCC2=CCCCC2)S(=O)(=O)c2ccccc2)cc1Cl. The van der Waals surface area contributed by atoms with Crippen molar-refractivity contribution in [1.82, 2.24) is 5.32 Å². The minimum absolute atomic E-state index is 0.0970. The second kappa shape index (κ2) is 10.00. The van der Waals surface area contributed by atoms with Gasteiger partial charge in [-0.2, -0.15) is 0 Å². The topological polar surface area (TPSA) is 75.7 Å². The largest absolute Gasteiger partial charge is 0.495 e. The molecule has 3 rings (SSSR count). The highest BCUT2D eigenvalue weighted by molar-refractivity contribution is 7.92. The molecule has 160 valence electrons. The van der Waals surface area contributed by atoms with E-state index in [1.165, 1.54) is 37.3 Å². The Hall–Kier alpha value is -2.51. The molecule has 0 aromatic heterocycles. The summed E-state index contributed by atoms with van der Waals surface area (Å²) in [5.74, 6) is 0.0408. The fourth-order valence-electron chi connectivity index (χ4n) is 3.31. The van der Waals surface area contributed by atoms with Crippen LogP contribution in [-0.4, -0.2) is 34.5 Å². The number of methoxy groups -OCH3 is 1. The summed E-state index contributed by atoms with van der Waals surface area (Å²) in [5.41, 5.74) is 1.47. The highest BCUT2D eigenvalue weighted by atomic mass is 35.5. The van der Waals surface area contributed by atoms with Gasteiger partial charge in [-0.15, -0.1) is 0 Å². The summed E-state index contributed by atoms with van der Waals surface area (Å²) in [5, 5.41) is 3.10. The van der Waals surface area contributed by atoms with E-state index in [-0.39, 0.29) is 28.1 Å². The molecule has 1 amide bonds. The van der Waals surface area contributed by atoms with Crippen molar-refractivity contribution in [2.75, 3.05) is 24.5 Å². The van der Waals surface area contributed by atoms with Crippen LogP contribution in [0.2, 0.25) is 5.02 Å². The maximum Gasteiger partial charge on any atom is 0.264 e. The lowest BCUT2D eigenvalue weighted by Gasteiger charge is -2.25. The Labute approximate surface area is 182 Å². The molecule has 0 saturated heterocycles. The third-order valence-electron chi connectivity index (χ3n) is 4.94. The van der Waals surface area contributed by atoms with Crippen molar-refractivity contribution in [3.05, 3.63) is 65.2 Å². The standard InChI is InChI=1S/C22H25ClN2O4S/c1-29-21-13-12-18(14-20(21)23)25(30(27,28)19-10-6-3-7-11-19)16-22(26)24-15-17-8-4-2-5-9-17/h3,6-8,10-14H,2,4-5,9,15-16H2,1H3,(H,24,26). The number of hydrogen-bond donors (Lipinski definition) is 1. The van der Waals surface area contributed by atoms with Gasteiger partial charge in [-0.3, -0.25) is 9.10 Å². The number of hydrogen-bond acceptors (Lipinski definition) is 4. The minimum atomic E-state index is -3.97. The lowest BCUT2D eigenvalue weighted by molar-refractivity contribution is -0.119. The smallest absolute Gasteiger partial charge is 0.264 e. The molecule has 0 radical (unpaired) electrons. The van der Waals surface area contributed by atoms with E-state index in [2.05, 4.69) is 11.4 Å². The number of nitrogens with one attached hydrogen (secondary N) is 1. The van der Waals surface area contributed by atoms with Crippen molar-refractivity contribution in [2.45, 2.75) is 30.6 Å². The van der Waals surface area contributed by atoms with E-state index in [0.29, 0.717) is 12.3 Å². The lowest BCUT2D eigenvalue weighted by atomic mass is 10.00. The minimum Gasteiger partial charge on any atom is -0.495 e. The predicted molar refractivity (Wildman–Crippen MR) is 119 cm³/mol. The van der Waals surface area contributed by atoms with E-state index in [0.717, 1.165) is 23.6 Å². The fraction of sp³-hybridized carbons (Fsp3) is 0.318. The van der Waals surface area contributed by atoms with Crippen LogP contribution in [-0.2, 0) is 14.8 Å². The van der Waals surface area contributed by atoms with Gasteiger partial charge < -0.3 is 10.1 Å². The van der Waals surface area contributed by atoms with Crippen molar-refractivity contribution < 1.29 is 17.9 Å². The zero-order valence-corrected chi connectivity index (χ0v) is 18.4. The highest BCUT2D eigenvalue weighted by Crippen LogP contribution is 2.31. The van der Waals surface area contributed by atoms with Gasteiger partial charge in [0.2, 0.25) is 5.91 Å². The normalized spacial score (nSPS) is 14.0. The van der Waals surface area contributed by atoms with Crippen LogP contribution in [0.25, 0.3) is 0 Å². The van der Waals surface area contributed by atoms with Crippen LogP contribution in [0.15, 0.2) is 65.1 Å². The zero-order chi connectivity index (χ0) is 21.6. The lowest BCUT2D eigenvalue weighted by Crippen LogP contribution is -2.41. The quantitative estimate of drug-likeness (QED) is 0.615. The van der Waals surface area contributed by atoms with E-state index in [9.17, 15) is 13.2 Å². The Balaban J connectivity index is 1.86. The number of carbonyl (C=O) groups excluding carboxylic acids is 1. The summed E-state index contributed by atoms with van der Waals surface area (Å²) in [6, 6.07) is 12.6. The van der Waals surface area contributed by atoms with E-state index in [4.69, 9.17) is 16.3 Å². The molecule has 0 aliphatic heterocycles. The Kier molecular flexibility index (Phi) is 7.39. The fourth-order valence-corrected chi connectivity index (χ4v) is 4.99. The summed E-state index contributed by atoms with van der Waals surface area (Å²) in [6.45, 7) is 0.0780. The second-order valence-corrected chi connectivity index (χ2v) is 9.30. The molecule has 1 aliphatic rings. The average Bonchev–Trinajstić information content (AvgIpc) is 2.77. The number of amides is 1. The van der Waals surface area contributed by atoms with Crippen molar-refractivity contribution in [1.29, 1.82) is 0 Å². The molecule has 0 spiro atoms. The van der Waals surface area contributed by atoms with Crippen LogP contribution >= 0.6 is 11.6 Å². The van der Waals surface area contributed by atoms with Gasteiger partial charge >= 0.3 is 0 Å². The van der Waals surface area contributed by atoms with Gasteiger partial charge in [0.15, 0.2) is 0 Å². The third-order valence-corrected chi connectivity index (χ3v) is 7.02. The number of carbonyl (C=O) groups is 1. The van der Waals surface area contributed by atoms with Crippen LogP contribution in [0.4, 0.5) is 5.69 Å². The zero-order valence-electron chi connectivity index (χ0n) is 16.8. The van der Waals surface area contributed by atoms with E-state index >= 15 is 0 Å². The Morgan fingerprint density at radius 2 is 1.93 bits per heavy atom. The molecule has 1 N–H and O–H groups in total. The summed E-state index contributed by atoms with van der Waals surface area (Å²) in [6.07, 6.45) is 6.40. The van der Waals surface area contributed by atoms with Crippen LogP contribution in [0.5, 0.6) is 5.75 Å². The van der Waals surface area contributed by atoms with Gasteiger partial charge in [-0.05, 0) is 56.0 Å². The molecule has 1 aliphatic carbocycles. The maximum absolute atomic E-state index is 13.3. The number of ether oxygens (including phenoxy) is 1. The molecule has 0 atom stereocenters. The number of sulfonamides is 1. The third kappa shape index (κ3) is 5.34. The van der Waals surface area contributed by atoms with Gasteiger partial charge in [0.1, 0.15) is 12.3 Å². The molecule has 2 aromatic rings. The number of rotatable bonds is 8. The molecular weight excluding hydrogens is 424 g/mol. The van der Waals surface area contributed by atoms with Gasteiger partial charge in [0.25, 0.3) is 10.0 Å². The van der Waals surface area contributed by atoms with Crippen molar-refractivity contribution >= 4 is 33.2 Å².